The Kier molecular flexibility index (Phi) is 47.4. The van der Waals surface area contributed by atoms with E-state index in [2.05, 4.69) is 81.5 Å². The van der Waals surface area contributed by atoms with Crippen molar-refractivity contribution in [3.05, 3.63) is 60.8 Å². The molecule has 1 rings (SSSR count). The summed E-state index contributed by atoms with van der Waals surface area (Å²) in [6, 6.07) is 0. The van der Waals surface area contributed by atoms with Gasteiger partial charge < -0.3 is 39.0 Å². The van der Waals surface area contributed by atoms with E-state index in [1.54, 1.807) is 0 Å². The molecule has 432 valence electrons. The molecule has 0 saturated carbocycles. The predicted octanol–water partition coefficient (Wildman–Crippen LogP) is 15.6. The molecule has 12 heteroatoms. The molecule has 0 aromatic heterocycles. The fraction of sp³-hybridized carbons (Fsp3) is 0.778. The molecule has 0 radical (unpaired) electrons. The number of aliphatic hydroxyl groups is 2. The number of aliphatic carboxylic acids is 1. The predicted molar refractivity (Wildman–Crippen MR) is 303 cm³/mol. The number of carboxylic acid groups (broad SMARTS) is 1. The van der Waals surface area contributed by atoms with Crippen molar-refractivity contribution in [1.82, 2.24) is 0 Å². The minimum Gasteiger partial charge on any atom is -0.479 e. The summed E-state index contributed by atoms with van der Waals surface area (Å²) in [6.45, 7) is 5.84. The Balaban J connectivity index is 2.66. The van der Waals surface area contributed by atoms with Gasteiger partial charge in [-0.3, -0.25) is 14.4 Å². The van der Waals surface area contributed by atoms with E-state index in [4.69, 9.17) is 23.7 Å². The highest BCUT2D eigenvalue weighted by Gasteiger charge is 2.50. The van der Waals surface area contributed by atoms with Crippen LogP contribution >= 0.6 is 0 Å². The number of unbranched alkanes of at least 4 members (excludes halogenated alkanes) is 27. The minimum atomic E-state index is -1.91. The maximum atomic E-state index is 13.1. The Morgan fingerprint density at radius 2 is 0.853 bits per heavy atom. The highest BCUT2D eigenvalue weighted by Crippen LogP contribution is 2.26. The van der Waals surface area contributed by atoms with Gasteiger partial charge in [-0.25, -0.2) is 4.79 Å². The molecule has 3 N–H and O–H groups in total. The number of aliphatic hydroxyl groups excluding tert-OH is 2. The summed E-state index contributed by atoms with van der Waals surface area (Å²) >= 11 is 0. The molecule has 1 fully saturated rings. The van der Waals surface area contributed by atoms with Crippen molar-refractivity contribution in [3.8, 4) is 0 Å². The fourth-order valence-electron chi connectivity index (χ4n) is 8.93. The van der Waals surface area contributed by atoms with Crippen LogP contribution < -0.4 is 0 Å². The Hall–Kier alpha value is -3.58. The molecule has 6 unspecified atom stereocenters. The number of carbonyl (C=O) groups excluding carboxylic acids is 3. The van der Waals surface area contributed by atoms with Crippen molar-refractivity contribution in [2.75, 3.05) is 13.2 Å². The van der Waals surface area contributed by atoms with Gasteiger partial charge in [-0.2, -0.15) is 0 Å². The zero-order chi connectivity index (χ0) is 54.7. The van der Waals surface area contributed by atoms with E-state index in [0.29, 0.717) is 19.3 Å². The first-order valence-electron chi connectivity index (χ1n) is 30.3. The third-order valence-electron chi connectivity index (χ3n) is 13.6. The van der Waals surface area contributed by atoms with Crippen molar-refractivity contribution in [1.29, 1.82) is 0 Å². The minimum absolute atomic E-state index is 0.0436. The van der Waals surface area contributed by atoms with Gasteiger partial charge >= 0.3 is 23.9 Å². The summed E-state index contributed by atoms with van der Waals surface area (Å²) in [4.78, 5) is 51.1. The highest BCUT2D eigenvalue weighted by molar-refractivity contribution is 5.74. The maximum Gasteiger partial charge on any atom is 0.335 e. The van der Waals surface area contributed by atoms with Crippen LogP contribution in [0.4, 0.5) is 0 Å². The number of hydrogen-bond acceptors (Lipinski definition) is 11. The van der Waals surface area contributed by atoms with Crippen molar-refractivity contribution >= 4 is 23.9 Å². The molecule has 1 saturated heterocycles. The Bertz CT molecular complexity index is 1540. The molecule has 0 aliphatic carbocycles. The molecule has 1 aliphatic heterocycles. The van der Waals surface area contributed by atoms with Crippen LogP contribution in [0, 0.1) is 0 Å². The summed E-state index contributed by atoms with van der Waals surface area (Å²) in [5.74, 6) is -3.13. The van der Waals surface area contributed by atoms with Crippen LogP contribution in [0.3, 0.4) is 0 Å². The van der Waals surface area contributed by atoms with Crippen molar-refractivity contribution in [3.63, 3.8) is 0 Å². The number of rotatable bonds is 51. The average Bonchev–Trinajstić information content (AvgIpc) is 3.39. The van der Waals surface area contributed by atoms with Crippen LogP contribution in [-0.4, -0.2) is 89.2 Å². The van der Waals surface area contributed by atoms with E-state index in [-0.39, 0.29) is 25.9 Å². The molecule has 75 heavy (non-hydrogen) atoms. The first-order valence-corrected chi connectivity index (χ1v) is 30.3. The van der Waals surface area contributed by atoms with E-state index >= 15 is 0 Å². The number of carboxylic acids is 1. The van der Waals surface area contributed by atoms with E-state index in [1.807, 2.05) is 0 Å². The second-order valence-electron chi connectivity index (χ2n) is 20.6. The SMILES string of the molecule is CC/C=C\C/C=C\C/C=C\C/C=C\CCCCCCCCC(=O)OC1C(OCC(COC(=O)CCCCCCCCCCCCCCCCC)OC(=O)CCCCCCC/C=C\CCCC)OC(C(=O)O)C(O)C1O. The Morgan fingerprint density at radius 3 is 1.33 bits per heavy atom. The quantitative estimate of drug-likeness (QED) is 0.0228. The van der Waals surface area contributed by atoms with Crippen molar-refractivity contribution in [2.24, 2.45) is 0 Å². The molecule has 0 spiro atoms. The van der Waals surface area contributed by atoms with Gasteiger partial charge in [0.05, 0.1) is 6.61 Å². The van der Waals surface area contributed by atoms with Crippen LogP contribution in [-0.2, 0) is 42.9 Å². The average molecular weight is 1060 g/mol. The first kappa shape index (κ1) is 69.4. The van der Waals surface area contributed by atoms with E-state index < -0.39 is 67.3 Å². The summed E-state index contributed by atoms with van der Waals surface area (Å²) in [5.41, 5.74) is 0. The van der Waals surface area contributed by atoms with Crippen LogP contribution in [0.5, 0.6) is 0 Å². The van der Waals surface area contributed by atoms with E-state index in [9.17, 15) is 34.5 Å². The zero-order valence-electron chi connectivity index (χ0n) is 47.5. The number of allylic oxidation sites excluding steroid dienone is 10. The topological polar surface area (TPSA) is 175 Å². The van der Waals surface area contributed by atoms with E-state index in [0.717, 1.165) is 122 Å². The monoisotopic (exact) mass is 1060 g/mol. The van der Waals surface area contributed by atoms with Gasteiger partial charge in [-0.05, 0) is 77.0 Å². The van der Waals surface area contributed by atoms with Crippen molar-refractivity contribution < 1.29 is 58.2 Å². The van der Waals surface area contributed by atoms with Crippen LogP contribution in [0.1, 0.15) is 265 Å². The van der Waals surface area contributed by atoms with Gasteiger partial charge in [0.25, 0.3) is 0 Å². The van der Waals surface area contributed by atoms with E-state index in [1.165, 1.54) is 83.5 Å². The van der Waals surface area contributed by atoms with Crippen LogP contribution in [0.15, 0.2) is 60.8 Å². The Morgan fingerprint density at radius 1 is 0.453 bits per heavy atom. The van der Waals surface area contributed by atoms with Gasteiger partial charge in [0.15, 0.2) is 24.6 Å². The maximum absolute atomic E-state index is 13.1. The third-order valence-corrected chi connectivity index (χ3v) is 13.6. The van der Waals surface area contributed by atoms with Crippen LogP contribution in [0.2, 0.25) is 0 Å². The normalized spacial score (nSPS) is 18.5. The molecule has 0 amide bonds. The Labute approximate surface area is 456 Å². The van der Waals surface area contributed by atoms with Gasteiger partial charge in [-0.1, -0.05) is 229 Å². The molecule has 0 aromatic carbocycles. The van der Waals surface area contributed by atoms with Crippen LogP contribution in [0.25, 0.3) is 0 Å². The first-order chi connectivity index (χ1) is 36.6. The molecule has 1 heterocycles. The molecule has 0 bridgehead atoms. The largest absolute Gasteiger partial charge is 0.479 e. The smallest absolute Gasteiger partial charge is 0.335 e. The summed E-state index contributed by atoms with van der Waals surface area (Å²) in [6.07, 6.45) is 50.4. The standard InChI is InChI=1S/C63H108O12/c1-4-7-10-13-16-19-22-24-26-27-28-29-31-33-36-39-42-45-48-51-57(66)74-61-59(68)58(67)60(62(69)70)75-63(61)72-53-54(73-56(65)50-47-44-41-38-34-21-18-15-12-9-6-3)52-71-55(64)49-46-43-40-37-35-32-30-25-23-20-17-14-11-8-5-2/h7,10,15-16,18-19,24,26,28-29,54,58-61,63,67-68H,4-6,8-9,11-14,17,20-23,25,27,30-53H2,1-3H3,(H,69,70)/b10-7-,18-15-,19-16-,26-24-,29-28-. The summed E-state index contributed by atoms with van der Waals surface area (Å²) in [5, 5.41) is 31.5. The number of esters is 3. The molecule has 12 nitrogen and oxygen atoms in total. The number of ether oxygens (including phenoxy) is 5. The highest BCUT2D eigenvalue weighted by atomic mass is 16.7. The second kappa shape index (κ2) is 51.2. The lowest BCUT2D eigenvalue weighted by Crippen LogP contribution is -2.61. The van der Waals surface area contributed by atoms with Crippen molar-refractivity contribution in [2.45, 2.75) is 302 Å². The molecule has 6 atom stereocenters. The molecular weight excluding hydrogens is 949 g/mol. The van der Waals surface area contributed by atoms with Gasteiger partial charge in [0.2, 0.25) is 0 Å². The third kappa shape index (κ3) is 41.2. The lowest BCUT2D eigenvalue weighted by atomic mass is 9.98. The fourth-order valence-corrected chi connectivity index (χ4v) is 8.93. The lowest BCUT2D eigenvalue weighted by Gasteiger charge is -2.40. The second-order valence-corrected chi connectivity index (χ2v) is 20.6. The van der Waals surface area contributed by atoms with Gasteiger partial charge in [0, 0.05) is 19.3 Å². The summed E-state index contributed by atoms with van der Waals surface area (Å²) < 4.78 is 28.4. The number of carbonyl (C=O) groups is 4. The van der Waals surface area contributed by atoms with Gasteiger partial charge in [-0.15, -0.1) is 0 Å². The molecule has 0 aromatic rings. The zero-order valence-corrected chi connectivity index (χ0v) is 47.5. The molecule has 1 aliphatic rings. The van der Waals surface area contributed by atoms with Gasteiger partial charge in [0.1, 0.15) is 18.8 Å². The summed E-state index contributed by atoms with van der Waals surface area (Å²) in [7, 11) is 0. The molecular formula is C63H108O12. The number of hydrogen-bond donors (Lipinski definition) is 3. The lowest BCUT2D eigenvalue weighted by molar-refractivity contribution is -0.301.